The van der Waals surface area contributed by atoms with Crippen LogP contribution in [0.5, 0.6) is 0 Å². The lowest BCUT2D eigenvalue weighted by molar-refractivity contribution is 0.184. The minimum Gasteiger partial charge on any atom is -0.465 e. The van der Waals surface area contributed by atoms with Crippen molar-refractivity contribution < 1.29 is 9.90 Å². The molecule has 4 N–H and O–H groups in total. The highest BCUT2D eigenvalue weighted by molar-refractivity contribution is 5.65. The fourth-order valence-corrected chi connectivity index (χ4v) is 0.924. The van der Waals surface area contributed by atoms with E-state index in [0.29, 0.717) is 0 Å². The molecular weight excluding hydrogens is 182 g/mol. The summed E-state index contributed by atoms with van der Waals surface area (Å²) in [7, 11) is 0. The second-order valence-corrected chi connectivity index (χ2v) is 4.18. The Morgan fingerprint density at radius 3 is 1.57 bits per heavy atom. The van der Waals surface area contributed by atoms with Gasteiger partial charge in [0.05, 0.1) is 0 Å². The van der Waals surface area contributed by atoms with Crippen LogP contribution in [-0.4, -0.2) is 42.9 Å². The third-order valence-corrected chi connectivity index (χ3v) is 1.44. The number of carbonyl (C=O) groups is 1. The van der Waals surface area contributed by atoms with Crippen LogP contribution in [-0.2, 0) is 0 Å². The van der Waals surface area contributed by atoms with Gasteiger partial charge in [0.2, 0.25) is 0 Å². The molecule has 0 atom stereocenters. The molecule has 0 aromatic heterocycles. The van der Waals surface area contributed by atoms with E-state index in [9.17, 15) is 4.79 Å². The molecule has 1 aliphatic heterocycles. The Morgan fingerprint density at radius 2 is 1.50 bits per heavy atom. The van der Waals surface area contributed by atoms with Gasteiger partial charge in [0.1, 0.15) is 0 Å². The number of piperazine rings is 1. The average molecular weight is 203 g/mol. The van der Waals surface area contributed by atoms with Crippen LogP contribution in [0.2, 0.25) is 0 Å². The lowest BCUT2D eigenvalue weighted by atomic mass is 10.1. The van der Waals surface area contributed by atoms with Gasteiger partial charge in [-0.15, -0.1) is 0 Å². The highest BCUT2D eigenvalue weighted by Crippen LogP contribution is 1.96. The number of carboxylic acid groups (broad SMARTS) is 1. The maximum atomic E-state index is 9.90. The summed E-state index contributed by atoms with van der Waals surface area (Å²) in [6.07, 6.45) is -0.975. The largest absolute Gasteiger partial charge is 0.465 e. The summed E-state index contributed by atoms with van der Waals surface area (Å²) in [5.74, 6) is 0. The Hall–Kier alpha value is -0.810. The monoisotopic (exact) mass is 203 g/mol. The maximum Gasteiger partial charge on any atom is 0.405 e. The van der Waals surface area contributed by atoms with Gasteiger partial charge < -0.3 is 21.1 Å². The first-order valence-electron chi connectivity index (χ1n) is 4.84. The van der Waals surface area contributed by atoms with E-state index in [-0.39, 0.29) is 5.54 Å². The third kappa shape index (κ3) is 11.2. The van der Waals surface area contributed by atoms with Crippen molar-refractivity contribution in [3.63, 3.8) is 0 Å². The van der Waals surface area contributed by atoms with Gasteiger partial charge in [-0.1, -0.05) is 0 Å². The van der Waals surface area contributed by atoms with Crippen LogP contribution in [0, 0.1) is 0 Å². The smallest absolute Gasteiger partial charge is 0.405 e. The average Bonchev–Trinajstić information content (AvgIpc) is 2.03. The predicted octanol–water partition coefficient (Wildman–Crippen LogP) is 0.232. The van der Waals surface area contributed by atoms with Gasteiger partial charge in [-0.2, -0.15) is 0 Å². The van der Waals surface area contributed by atoms with E-state index in [2.05, 4.69) is 16.0 Å². The van der Waals surface area contributed by atoms with E-state index in [1.165, 1.54) is 0 Å². The second kappa shape index (κ2) is 6.62. The molecule has 1 fully saturated rings. The van der Waals surface area contributed by atoms with Crippen LogP contribution in [0.15, 0.2) is 0 Å². The predicted molar refractivity (Wildman–Crippen MR) is 56.7 cm³/mol. The molecule has 14 heavy (non-hydrogen) atoms. The van der Waals surface area contributed by atoms with Gasteiger partial charge in [0, 0.05) is 31.7 Å². The first-order valence-corrected chi connectivity index (χ1v) is 4.84. The van der Waals surface area contributed by atoms with Gasteiger partial charge >= 0.3 is 6.09 Å². The molecule has 1 rings (SSSR count). The van der Waals surface area contributed by atoms with Gasteiger partial charge in [-0.05, 0) is 20.8 Å². The summed E-state index contributed by atoms with van der Waals surface area (Å²) in [5.41, 5.74) is -0.328. The summed E-state index contributed by atoms with van der Waals surface area (Å²) in [6.45, 7) is 9.93. The quantitative estimate of drug-likeness (QED) is 0.455. The van der Waals surface area contributed by atoms with Crippen molar-refractivity contribution in [2.75, 3.05) is 26.2 Å². The third-order valence-electron chi connectivity index (χ3n) is 1.44. The molecule has 84 valence electrons. The van der Waals surface area contributed by atoms with E-state index in [1.54, 1.807) is 20.8 Å². The van der Waals surface area contributed by atoms with E-state index < -0.39 is 6.09 Å². The molecule has 0 spiro atoms. The van der Waals surface area contributed by atoms with E-state index >= 15 is 0 Å². The zero-order valence-electron chi connectivity index (χ0n) is 9.18. The van der Waals surface area contributed by atoms with Crippen molar-refractivity contribution in [3.05, 3.63) is 0 Å². The minimum atomic E-state index is -0.975. The van der Waals surface area contributed by atoms with E-state index in [4.69, 9.17) is 5.11 Å². The number of nitrogens with one attached hydrogen (secondary N) is 3. The van der Waals surface area contributed by atoms with Crippen LogP contribution in [0.25, 0.3) is 0 Å². The van der Waals surface area contributed by atoms with Crippen LogP contribution in [0.4, 0.5) is 4.79 Å². The molecule has 5 heteroatoms. The van der Waals surface area contributed by atoms with Crippen LogP contribution >= 0.6 is 0 Å². The van der Waals surface area contributed by atoms with Crippen LogP contribution < -0.4 is 16.0 Å². The summed E-state index contributed by atoms with van der Waals surface area (Å²) >= 11 is 0. The van der Waals surface area contributed by atoms with Crippen molar-refractivity contribution in [3.8, 4) is 0 Å². The minimum absolute atomic E-state index is 0.328. The van der Waals surface area contributed by atoms with Crippen molar-refractivity contribution in [2.24, 2.45) is 0 Å². The van der Waals surface area contributed by atoms with Crippen molar-refractivity contribution >= 4 is 6.09 Å². The van der Waals surface area contributed by atoms with Gasteiger partial charge in [0.15, 0.2) is 0 Å². The molecule has 1 heterocycles. The fourth-order valence-electron chi connectivity index (χ4n) is 0.924. The fraction of sp³-hybridized carbons (Fsp3) is 0.889. The van der Waals surface area contributed by atoms with E-state index in [0.717, 1.165) is 26.2 Å². The standard InChI is InChI=1S/C5H11NO2.C4H10N2/c1-5(2,3)6-4(7)8;1-2-6-4-3-5-1/h6H,1-3H3,(H,7,8);5-6H,1-4H2. The SMILES string of the molecule is C1CNCCN1.CC(C)(C)NC(=O)O. The lowest BCUT2D eigenvalue weighted by Crippen LogP contribution is -2.39. The summed E-state index contributed by atoms with van der Waals surface area (Å²) in [4.78, 5) is 9.90. The molecule has 0 bridgehead atoms. The summed E-state index contributed by atoms with van der Waals surface area (Å²) in [6, 6.07) is 0. The first-order chi connectivity index (χ1) is 6.42. The van der Waals surface area contributed by atoms with Crippen LogP contribution in [0.1, 0.15) is 20.8 Å². The molecule has 0 aliphatic carbocycles. The molecule has 0 saturated carbocycles. The molecule has 1 aliphatic rings. The molecule has 1 amide bonds. The Kier molecular flexibility index (Phi) is 6.23. The molecule has 0 aromatic carbocycles. The first kappa shape index (κ1) is 13.2. The topological polar surface area (TPSA) is 73.4 Å². The number of amides is 1. The number of hydrogen-bond acceptors (Lipinski definition) is 3. The molecule has 5 nitrogen and oxygen atoms in total. The molecular formula is C9H21N3O2. The van der Waals surface area contributed by atoms with E-state index in [1.807, 2.05) is 0 Å². The Labute approximate surface area is 85.3 Å². The normalized spacial score (nSPS) is 16.5. The number of hydrogen-bond donors (Lipinski definition) is 4. The molecule has 1 saturated heterocycles. The van der Waals surface area contributed by atoms with Gasteiger partial charge in [0.25, 0.3) is 0 Å². The zero-order chi connectivity index (χ0) is 11.0. The lowest BCUT2D eigenvalue weighted by Gasteiger charge is -2.16. The van der Waals surface area contributed by atoms with Gasteiger partial charge in [-0.25, -0.2) is 4.79 Å². The summed E-state index contributed by atoms with van der Waals surface area (Å²) in [5, 5.41) is 16.9. The van der Waals surface area contributed by atoms with Crippen molar-refractivity contribution in [2.45, 2.75) is 26.3 Å². The second-order valence-electron chi connectivity index (χ2n) is 4.18. The molecule has 0 aromatic rings. The number of rotatable bonds is 0. The Morgan fingerprint density at radius 1 is 1.14 bits per heavy atom. The highest BCUT2D eigenvalue weighted by atomic mass is 16.4. The van der Waals surface area contributed by atoms with Crippen molar-refractivity contribution in [1.29, 1.82) is 0 Å². The molecule has 0 unspecified atom stereocenters. The van der Waals surface area contributed by atoms with Crippen LogP contribution in [0.3, 0.4) is 0 Å². The summed E-state index contributed by atoms with van der Waals surface area (Å²) < 4.78 is 0. The Balaban J connectivity index is 0.000000249. The van der Waals surface area contributed by atoms with Gasteiger partial charge in [-0.3, -0.25) is 0 Å². The van der Waals surface area contributed by atoms with Crippen molar-refractivity contribution in [1.82, 2.24) is 16.0 Å². The zero-order valence-corrected chi connectivity index (χ0v) is 9.18. The maximum absolute atomic E-state index is 9.90. The Bertz CT molecular complexity index is 150. The molecule has 0 radical (unpaired) electrons. The highest BCUT2D eigenvalue weighted by Gasteiger charge is 2.10.